The van der Waals surface area contributed by atoms with Crippen molar-refractivity contribution in [2.75, 3.05) is 32.7 Å². The number of hydrogen-bond donors (Lipinski definition) is 1. The molecule has 5 heteroatoms. The molecular formula is C18H26ClN3O. The Balaban J connectivity index is 1.39. The van der Waals surface area contributed by atoms with Gasteiger partial charge >= 0.3 is 6.03 Å². The number of rotatable bonds is 4. The molecule has 2 heterocycles. The Bertz CT molecular complexity index is 522. The maximum Gasteiger partial charge on any atom is 0.317 e. The fourth-order valence-electron chi connectivity index (χ4n) is 3.40. The van der Waals surface area contributed by atoms with Gasteiger partial charge < -0.3 is 10.2 Å². The summed E-state index contributed by atoms with van der Waals surface area (Å²) in [4.78, 5) is 16.7. The Labute approximate surface area is 143 Å². The van der Waals surface area contributed by atoms with Gasteiger partial charge in [-0.3, -0.25) is 4.90 Å². The number of likely N-dealkylation sites (tertiary alicyclic amines) is 2. The molecule has 2 fully saturated rings. The van der Waals surface area contributed by atoms with E-state index < -0.39 is 0 Å². The van der Waals surface area contributed by atoms with Crippen molar-refractivity contribution in [1.82, 2.24) is 15.1 Å². The minimum absolute atomic E-state index is 0.0686. The number of benzene rings is 1. The topological polar surface area (TPSA) is 35.6 Å². The van der Waals surface area contributed by atoms with Crippen molar-refractivity contribution in [3.05, 3.63) is 34.9 Å². The van der Waals surface area contributed by atoms with Gasteiger partial charge in [0.15, 0.2) is 0 Å². The second-order valence-electron chi connectivity index (χ2n) is 6.79. The normalized spacial score (nSPS) is 20.9. The van der Waals surface area contributed by atoms with E-state index in [9.17, 15) is 4.79 Å². The number of carbonyl (C=O) groups is 1. The van der Waals surface area contributed by atoms with Crippen LogP contribution in [0.3, 0.4) is 0 Å². The standard InChI is InChI=1S/C18H26ClN3O/c1-14(15-5-7-16(19)8-6-15)11-20-18(23)22-12-17(13-22)21-9-3-2-4-10-21/h5-8,14,17H,2-4,9-13H2,1H3,(H,20,23)/t14-/m0/s1. The van der Waals surface area contributed by atoms with Crippen LogP contribution in [0.2, 0.25) is 5.02 Å². The molecule has 0 unspecified atom stereocenters. The highest BCUT2D eigenvalue weighted by Crippen LogP contribution is 2.20. The molecule has 1 aromatic carbocycles. The van der Waals surface area contributed by atoms with Crippen LogP contribution in [-0.4, -0.2) is 54.6 Å². The van der Waals surface area contributed by atoms with Crippen LogP contribution in [0.5, 0.6) is 0 Å². The third-order valence-electron chi connectivity index (χ3n) is 5.06. The number of amides is 2. The molecule has 1 N–H and O–H groups in total. The minimum atomic E-state index is 0.0686. The zero-order valence-corrected chi connectivity index (χ0v) is 14.6. The molecule has 23 heavy (non-hydrogen) atoms. The van der Waals surface area contributed by atoms with Crippen molar-refractivity contribution in [2.45, 2.75) is 38.1 Å². The smallest absolute Gasteiger partial charge is 0.317 e. The van der Waals surface area contributed by atoms with Crippen LogP contribution in [0.25, 0.3) is 0 Å². The average Bonchev–Trinajstić information content (AvgIpc) is 2.53. The van der Waals surface area contributed by atoms with Gasteiger partial charge in [-0.2, -0.15) is 0 Å². The van der Waals surface area contributed by atoms with Crippen molar-refractivity contribution < 1.29 is 4.79 Å². The van der Waals surface area contributed by atoms with Crippen molar-refractivity contribution >= 4 is 17.6 Å². The van der Waals surface area contributed by atoms with Crippen LogP contribution in [0.4, 0.5) is 4.79 Å². The summed E-state index contributed by atoms with van der Waals surface area (Å²) in [5, 5.41) is 3.80. The second-order valence-corrected chi connectivity index (χ2v) is 7.23. The van der Waals surface area contributed by atoms with Gasteiger partial charge in [0.1, 0.15) is 0 Å². The van der Waals surface area contributed by atoms with E-state index in [4.69, 9.17) is 11.6 Å². The molecule has 1 atom stereocenters. The fraction of sp³-hybridized carbons (Fsp3) is 0.611. The molecule has 2 amide bonds. The number of carbonyl (C=O) groups excluding carboxylic acids is 1. The summed E-state index contributed by atoms with van der Waals surface area (Å²) < 4.78 is 0. The van der Waals surface area contributed by atoms with Crippen LogP contribution in [0.1, 0.15) is 37.7 Å². The van der Waals surface area contributed by atoms with Crippen LogP contribution in [0.15, 0.2) is 24.3 Å². The maximum atomic E-state index is 12.2. The molecule has 1 aromatic rings. The summed E-state index contributed by atoms with van der Waals surface area (Å²) in [7, 11) is 0. The van der Waals surface area contributed by atoms with E-state index in [2.05, 4.69) is 17.1 Å². The van der Waals surface area contributed by atoms with E-state index in [1.807, 2.05) is 29.2 Å². The van der Waals surface area contributed by atoms with E-state index in [-0.39, 0.29) is 11.9 Å². The number of halogens is 1. The summed E-state index contributed by atoms with van der Waals surface area (Å²) in [6.45, 7) is 6.94. The monoisotopic (exact) mass is 335 g/mol. The second kappa shape index (κ2) is 7.54. The highest BCUT2D eigenvalue weighted by atomic mass is 35.5. The number of piperidine rings is 1. The quantitative estimate of drug-likeness (QED) is 0.916. The van der Waals surface area contributed by atoms with Crippen molar-refractivity contribution in [1.29, 1.82) is 0 Å². The SMILES string of the molecule is C[C@@H](CNC(=O)N1CC(N2CCCCC2)C1)c1ccc(Cl)cc1. The van der Waals surface area contributed by atoms with Crippen molar-refractivity contribution in [3.63, 3.8) is 0 Å². The molecule has 4 nitrogen and oxygen atoms in total. The Morgan fingerprint density at radius 1 is 1.22 bits per heavy atom. The number of nitrogens with one attached hydrogen (secondary N) is 1. The van der Waals surface area contributed by atoms with Gasteiger partial charge in [-0.05, 0) is 49.5 Å². The largest absolute Gasteiger partial charge is 0.337 e. The first kappa shape index (κ1) is 16.6. The summed E-state index contributed by atoms with van der Waals surface area (Å²) in [5.41, 5.74) is 1.20. The van der Waals surface area contributed by atoms with Crippen LogP contribution in [0, 0.1) is 0 Å². The fourth-order valence-corrected chi connectivity index (χ4v) is 3.52. The van der Waals surface area contributed by atoms with Gasteiger partial charge in [0.25, 0.3) is 0 Å². The van der Waals surface area contributed by atoms with Crippen molar-refractivity contribution in [2.24, 2.45) is 0 Å². The molecule has 126 valence electrons. The zero-order chi connectivity index (χ0) is 16.2. The summed E-state index contributed by atoms with van der Waals surface area (Å²) >= 11 is 5.91. The van der Waals surface area contributed by atoms with E-state index in [1.165, 1.54) is 37.9 Å². The molecule has 2 aliphatic rings. The molecule has 0 aromatic heterocycles. The molecule has 0 saturated carbocycles. The van der Waals surface area contributed by atoms with Gasteiger partial charge in [0.05, 0.1) is 0 Å². The number of hydrogen-bond acceptors (Lipinski definition) is 2. The van der Waals surface area contributed by atoms with E-state index in [1.54, 1.807) is 0 Å². The predicted molar refractivity (Wildman–Crippen MR) is 94.1 cm³/mol. The Hall–Kier alpha value is -1.26. The van der Waals surface area contributed by atoms with Crippen LogP contribution >= 0.6 is 11.6 Å². The summed E-state index contributed by atoms with van der Waals surface area (Å²) in [5.74, 6) is 0.287. The van der Waals surface area contributed by atoms with Gasteiger partial charge in [-0.25, -0.2) is 4.79 Å². The molecular weight excluding hydrogens is 310 g/mol. The summed E-state index contributed by atoms with van der Waals surface area (Å²) in [6, 6.07) is 8.49. The average molecular weight is 336 g/mol. The number of nitrogens with zero attached hydrogens (tertiary/aromatic N) is 2. The first-order valence-corrected chi connectivity index (χ1v) is 9.03. The Morgan fingerprint density at radius 2 is 1.87 bits per heavy atom. The number of urea groups is 1. The molecule has 2 saturated heterocycles. The summed E-state index contributed by atoms with van der Waals surface area (Å²) in [6.07, 6.45) is 3.97. The lowest BCUT2D eigenvalue weighted by molar-refractivity contribution is 0.0451. The predicted octanol–water partition coefficient (Wildman–Crippen LogP) is 3.32. The minimum Gasteiger partial charge on any atom is -0.337 e. The van der Waals surface area contributed by atoms with Gasteiger partial charge in [0.2, 0.25) is 0 Å². The van der Waals surface area contributed by atoms with Gasteiger partial charge in [-0.1, -0.05) is 37.1 Å². The lowest BCUT2D eigenvalue weighted by Gasteiger charge is -2.46. The zero-order valence-electron chi connectivity index (χ0n) is 13.8. The molecule has 0 bridgehead atoms. The first-order chi connectivity index (χ1) is 11.1. The third kappa shape index (κ3) is 4.18. The molecule has 3 rings (SSSR count). The maximum absolute atomic E-state index is 12.2. The van der Waals surface area contributed by atoms with Crippen LogP contribution in [-0.2, 0) is 0 Å². The molecule has 0 spiro atoms. The van der Waals surface area contributed by atoms with Crippen molar-refractivity contribution in [3.8, 4) is 0 Å². The first-order valence-electron chi connectivity index (χ1n) is 8.66. The van der Waals surface area contributed by atoms with E-state index >= 15 is 0 Å². The van der Waals surface area contributed by atoms with E-state index in [0.717, 1.165) is 18.1 Å². The highest BCUT2D eigenvalue weighted by Gasteiger charge is 2.35. The van der Waals surface area contributed by atoms with Gasteiger partial charge in [0, 0.05) is 30.7 Å². The third-order valence-corrected chi connectivity index (χ3v) is 5.31. The van der Waals surface area contributed by atoms with E-state index in [0.29, 0.717) is 12.6 Å². The Kier molecular flexibility index (Phi) is 5.44. The Morgan fingerprint density at radius 3 is 2.52 bits per heavy atom. The lowest BCUT2D eigenvalue weighted by Crippen LogP contribution is -2.63. The molecule has 2 aliphatic heterocycles. The molecule has 0 radical (unpaired) electrons. The van der Waals surface area contributed by atoms with Gasteiger partial charge in [-0.15, -0.1) is 0 Å². The van der Waals surface area contributed by atoms with Crippen LogP contribution < -0.4 is 5.32 Å². The lowest BCUT2D eigenvalue weighted by atomic mass is 10.0. The molecule has 0 aliphatic carbocycles. The highest BCUT2D eigenvalue weighted by molar-refractivity contribution is 6.30.